The molecular formula is C12H18N2O3. The zero-order chi connectivity index (χ0) is 12.5. The minimum Gasteiger partial charge on any atom is -0.476 e. The molecule has 0 aromatic carbocycles. The second-order valence-corrected chi connectivity index (χ2v) is 3.60. The van der Waals surface area contributed by atoms with E-state index in [0.717, 1.165) is 19.4 Å². The summed E-state index contributed by atoms with van der Waals surface area (Å²) in [6, 6.07) is 3.40. The molecule has 1 aromatic heterocycles. The van der Waals surface area contributed by atoms with Crippen LogP contribution in [0.5, 0.6) is 0 Å². The minimum atomic E-state index is -1.03. The number of aromatic nitrogens is 1. The van der Waals surface area contributed by atoms with E-state index in [1.165, 1.54) is 6.20 Å². The lowest BCUT2D eigenvalue weighted by molar-refractivity contribution is 0.0691. The number of hydrogen-bond acceptors (Lipinski definition) is 4. The maximum atomic E-state index is 10.9. The van der Waals surface area contributed by atoms with Crippen LogP contribution in [0.2, 0.25) is 0 Å². The molecule has 5 heteroatoms. The average molecular weight is 238 g/mol. The van der Waals surface area contributed by atoms with Crippen LogP contribution in [0.15, 0.2) is 18.3 Å². The van der Waals surface area contributed by atoms with E-state index in [9.17, 15) is 4.79 Å². The van der Waals surface area contributed by atoms with Gasteiger partial charge in [0.15, 0.2) is 5.69 Å². The van der Waals surface area contributed by atoms with Crippen molar-refractivity contribution in [1.82, 2.24) is 4.98 Å². The highest BCUT2D eigenvalue weighted by molar-refractivity contribution is 5.91. The predicted molar refractivity (Wildman–Crippen MR) is 65.4 cm³/mol. The van der Waals surface area contributed by atoms with Crippen LogP contribution in [0.4, 0.5) is 5.69 Å². The number of carboxylic acid groups (broad SMARTS) is 1. The summed E-state index contributed by atoms with van der Waals surface area (Å²) >= 11 is 0. The number of nitrogens with one attached hydrogen (secondary N) is 1. The molecule has 0 aliphatic heterocycles. The van der Waals surface area contributed by atoms with Gasteiger partial charge in [0.05, 0.1) is 12.3 Å². The molecule has 1 rings (SSSR count). The van der Waals surface area contributed by atoms with Gasteiger partial charge in [0.1, 0.15) is 0 Å². The molecule has 5 nitrogen and oxygen atoms in total. The number of nitrogens with zero attached hydrogens (tertiary/aromatic N) is 1. The monoisotopic (exact) mass is 238 g/mol. The van der Waals surface area contributed by atoms with Crippen molar-refractivity contribution in [3.63, 3.8) is 0 Å². The van der Waals surface area contributed by atoms with Crippen LogP contribution in [0.25, 0.3) is 0 Å². The van der Waals surface area contributed by atoms with E-state index in [4.69, 9.17) is 9.84 Å². The number of unbranched alkanes of at least 4 members (excludes halogenated alkanes) is 1. The summed E-state index contributed by atoms with van der Waals surface area (Å²) in [6.07, 6.45) is 3.62. The minimum absolute atomic E-state index is 0.0426. The summed E-state index contributed by atoms with van der Waals surface area (Å²) in [5.74, 6) is -1.03. The van der Waals surface area contributed by atoms with Gasteiger partial charge in [-0.1, -0.05) is 13.3 Å². The Balaban J connectivity index is 2.34. The van der Waals surface area contributed by atoms with Crippen molar-refractivity contribution in [1.29, 1.82) is 0 Å². The van der Waals surface area contributed by atoms with Crippen LogP contribution in [0, 0.1) is 0 Å². The highest BCUT2D eigenvalue weighted by Gasteiger charge is 2.09. The van der Waals surface area contributed by atoms with Gasteiger partial charge in [-0.3, -0.25) is 0 Å². The number of carbonyl (C=O) groups is 1. The van der Waals surface area contributed by atoms with Gasteiger partial charge in [-0.05, 0) is 18.6 Å². The van der Waals surface area contributed by atoms with Gasteiger partial charge in [-0.15, -0.1) is 0 Å². The number of anilines is 1. The smallest absolute Gasteiger partial charge is 0.356 e. The fourth-order valence-electron chi connectivity index (χ4n) is 1.32. The molecule has 0 spiro atoms. The molecule has 0 aliphatic carbocycles. The standard InChI is InChI=1S/C12H18N2O3/c1-2-3-8-17-9-7-13-10-5-4-6-14-11(10)12(15)16/h4-6,13H,2-3,7-9H2,1H3,(H,15,16). The molecule has 0 amide bonds. The first kappa shape index (κ1) is 13.4. The molecule has 0 saturated carbocycles. The fourth-order valence-corrected chi connectivity index (χ4v) is 1.32. The number of pyridine rings is 1. The Morgan fingerprint density at radius 2 is 2.35 bits per heavy atom. The number of aromatic carboxylic acids is 1. The van der Waals surface area contributed by atoms with Crippen molar-refractivity contribution in [3.8, 4) is 0 Å². The molecule has 2 N–H and O–H groups in total. The highest BCUT2D eigenvalue weighted by Crippen LogP contribution is 2.11. The van der Waals surface area contributed by atoms with Crippen molar-refractivity contribution >= 4 is 11.7 Å². The lowest BCUT2D eigenvalue weighted by Crippen LogP contribution is -2.13. The Bertz CT molecular complexity index is 355. The van der Waals surface area contributed by atoms with Crippen molar-refractivity contribution < 1.29 is 14.6 Å². The largest absolute Gasteiger partial charge is 0.476 e. The zero-order valence-corrected chi connectivity index (χ0v) is 9.98. The molecule has 0 radical (unpaired) electrons. The van der Waals surface area contributed by atoms with E-state index < -0.39 is 5.97 Å². The van der Waals surface area contributed by atoms with E-state index in [1.54, 1.807) is 12.1 Å². The summed E-state index contributed by atoms with van der Waals surface area (Å²) < 4.78 is 5.37. The Morgan fingerprint density at radius 1 is 1.53 bits per heavy atom. The van der Waals surface area contributed by atoms with Crippen LogP contribution < -0.4 is 5.32 Å². The normalized spacial score (nSPS) is 10.2. The molecule has 17 heavy (non-hydrogen) atoms. The zero-order valence-electron chi connectivity index (χ0n) is 9.98. The third-order valence-electron chi connectivity index (χ3n) is 2.21. The first-order valence-corrected chi connectivity index (χ1v) is 5.75. The van der Waals surface area contributed by atoms with Crippen LogP contribution in [0.3, 0.4) is 0 Å². The molecule has 0 saturated heterocycles. The lowest BCUT2D eigenvalue weighted by atomic mass is 10.3. The first-order valence-electron chi connectivity index (χ1n) is 5.75. The molecule has 0 aliphatic rings. The summed E-state index contributed by atoms with van der Waals surface area (Å²) in [7, 11) is 0. The van der Waals surface area contributed by atoms with Gasteiger partial charge < -0.3 is 15.2 Å². The van der Waals surface area contributed by atoms with Crippen LogP contribution in [-0.4, -0.2) is 35.8 Å². The van der Waals surface area contributed by atoms with Crippen molar-refractivity contribution in [2.45, 2.75) is 19.8 Å². The van der Waals surface area contributed by atoms with E-state index in [0.29, 0.717) is 18.8 Å². The third-order valence-corrected chi connectivity index (χ3v) is 2.21. The second kappa shape index (κ2) is 7.62. The summed E-state index contributed by atoms with van der Waals surface area (Å²) in [4.78, 5) is 14.7. The molecule has 1 aromatic rings. The van der Waals surface area contributed by atoms with Crippen LogP contribution in [-0.2, 0) is 4.74 Å². The predicted octanol–water partition coefficient (Wildman–Crippen LogP) is 2.01. The Kier molecular flexibility index (Phi) is 6.03. The quantitative estimate of drug-likeness (QED) is 0.678. The molecular weight excluding hydrogens is 220 g/mol. The fraction of sp³-hybridized carbons (Fsp3) is 0.500. The molecule has 0 atom stereocenters. The maximum absolute atomic E-state index is 10.9. The molecule has 94 valence electrons. The maximum Gasteiger partial charge on any atom is 0.356 e. The van der Waals surface area contributed by atoms with E-state index in [1.807, 2.05) is 0 Å². The highest BCUT2D eigenvalue weighted by atomic mass is 16.5. The summed E-state index contributed by atoms with van der Waals surface area (Å²) in [5, 5.41) is 11.9. The Labute approximate surface area is 101 Å². The number of hydrogen-bond donors (Lipinski definition) is 2. The number of rotatable bonds is 8. The SMILES string of the molecule is CCCCOCCNc1cccnc1C(=O)O. The molecule has 0 unspecified atom stereocenters. The molecule has 1 heterocycles. The van der Waals surface area contributed by atoms with Gasteiger partial charge in [-0.2, -0.15) is 0 Å². The van der Waals surface area contributed by atoms with Crippen molar-refractivity contribution in [2.24, 2.45) is 0 Å². The lowest BCUT2D eigenvalue weighted by Gasteiger charge is -2.08. The summed E-state index contributed by atoms with van der Waals surface area (Å²) in [5.41, 5.74) is 0.570. The third kappa shape index (κ3) is 4.82. The van der Waals surface area contributed by atoms with E-state index >= 15 is 0 Å². The Hall–Kier alpha value is -1.62. The topological polar surface area (TPSA) is 71.5 Å². The molecule has 0 bridgehead atoms. The van der Waals surface area contributed by atoms with Gasteiger partial charge in [0.2, 0.25) is 0 Å². The van der Waals surface area contributed by atoms with Crippen molar-refractivity contribution in [2.75, 3.05) is 25.1 Å². The average Bonchev–Trinajstić information content (AvgIpc) is 2.34. The van der Waals surface area contributed by atoms with Crippen molar-refractivity contribution in [3.05, 3.63) is 24.0 Å². The van der Waals surface area contributed by atoms with E-state index in [2.05, 4.69) is 17.2 Å². The van der Waals surface area contributed by atoms with Gasteiger partial charge in [-0.25, -0.2) is 9.78 Å². The van der Waals surface area contributed by atoms with Gasteiger partial charge >= 0.3 is 5.97 Å². The van der Waals surface area contributed by atoms with E-state index in [-0.39, 0.29) is 5.69 Å². The Morgan fingerprint density at radius 3 is 3.06 bits per heavy atom. The first-order chi connectivity index (χ1) is 8.25. The summed E-state index contributed by atoms with van der Waals surface area (Å²) in [6.45, 7) is 4.00. The number of ether oxygens (including phenoxy) is 1. The molecule has 0 fully saturated rings. The van der Waals surface area contributed by atoms with Crippen LogP contribution >= 0.6 is 0 Å². The van der Waals surface area contributed by atoms with Crippen LogP contribution in [0.1, 0.15) is 30.3 Å². The van der Waals surface area contributed by atoms with Gasteiger partial charge in [0, 0.05) is 19.3 Å². The van der Waals surface area contributed by atoms with Gasteiger partial charge in [0.25, 0.3) is 0 Å². The number of carboxylic acids is 1. The second-order valence-electron chi connectivity index (χ2n) is 3.60.